The van der Waals surface area contributed by atoms with E-state index >= 15 is 0 Å². The molecule has 1 N–H and O–H groups in total. The van der Waals surface area contributed by atoms with Gasteiger partial charge in [-0.1, -0.05) is 6.58 Å². The molecule has 0 amide bonds. The van der Waals surface area contributed by atoms with E-state index in [2.05, 4.69) is 20.8 Å². The van der Waals surface area contributed by atoms with E-state index in [0.29, 0.717) is 6.61 Å². The summed E-state index contributed by atoms with van der Waals surface area (Å²) in [4.78, 5) is 19.3. The fourth-order valence-corrected chi connectivity index (χ4v) is 0.248. The van der Waals surface area contributed by atoms with E-state index < -0.39 is 12.3 Å². The van der Waals surface area contributed by atoms with Gasteiger partial charge in [-0.2, -0.15) is 0 Å². The Hall–Kier alpha value is -1.72. The Morgan fingerprint density at radius 2 is 2.08 bits per heavy atom. The van der Waals surface area contributed by atoms with Crippen LogP contribution in [-0.2, 0) is 14.2 Å². The number of carboxylic acid groups (broad SMARTS) is 1. The summed E-state index contributed by atoms with van der Waals surface area (Å²) in [7, 11) is 1.28. The van der Waals surface area contributed by atoms with Crippen LogP contribution >= 0.6 is 0 Å². The first-order chi connectivity index (χ1) is 6.08. The first kappa shape index (κ1) is 13.8. The van der Waals surface area contributed by atoms with Gasteiger partial charge in [0.05, 0.1) is 20.0 Å². The molecule has 0 spiro atoms. The van der Waals surface area contributed by atoms with Gasteiger partial charge in [0, 0.05) is 0 Å². The second kappa shape index (κ2) is 10.3. The van der Waals surface area contributed by atoms with Crippen molar-refractivity contribution >= 4 is 12.3 Å². The van der Waals surface area contributed by atoms with Crippen LogP contribution in [-0.4, -0.2) is 31.1 Å². The molecule has 0 aliphatic carbocycles. The lowest BCUT2D eigenvalue weighted by atomic mass is 10.9. The molecule has 0 saturated heterocycles. The third kappa shape index (κ3) is 17.9. The third-order valence-corrected chi connectivity index (χ3v) is 0.613. The number of ether oxygens (including phenoxy) is 3. The Kier molecular flexibility index (Phi) is 10.9. The van der Waals surface area contributed by atoms with Crippen molar-refractivity contribution in [1.82, 2.24) is 0 Å². The molecule has 0 unspecified atom stereocenters. The van der Waals surface area contributed by atoms with Crippen LogP contribution in [0, 0.1) is 0 Å². The largest absolute Gasteiger partial charge is 0.510 e. The van der Waals surface area contributed by atoms with Crippen molar-refractivity contribution in [3.05, 3.63) is 12.8 Å². The van der Waals surface area contributed by atoms with Crippen LogP contribution < -0.4 is 0 Å². The van der Waals surface area contributed by atoms with Gasteiger partial charge < -0.3 is 19.3 Å². The highest BCUT2D eigenvalue weighted by Gasteiger charge is 1.92. The van der Waals surface area contributed by atoms with Gasteiger partial charge in [-0.25, -0.2) is 9.59 Å². The maximum Gasteiger partial charge on any atom is 0.510 e. The Bertz CT molecular complexity index is 164. The van der Waals surface area contributed by atoms with Crippen molar-refractivity contribution in [2.75, 3.05) is 13.7 Å². The van der Waals surface area contributed by atoms with E-state index in [4.69, 9.17) is 5.11 Å². The van der Waals surface area contributed by atoms with Gasteiger partial charge in [0.1, 0.15) is 0 Å². The van der Waals surface area contributed by atoms with Crippen LogP contribution in [0.4, 0.5) is 9.59 Å². The zero-order chi connectivity index (χ0) is 10.7. The molecule has 0 aliphatic rings. The SMILES string of the molecule is C=COC(=O)O.CCOC(=O)OC. The molecule has 0 aromatic carbocycles. The second-order valence-electron chi connectivity index (χ2n) is 1.44. The maximum atomic E-state index is 9.97. The molecule has 6 heteroatoms. The van der Waals surface area contributed by atoms with Gasteiger partial charge >= 0.3 is 12.3 Å². The van der Waals surface area contributed by atoms with Crippen LogP contribution in [0.3, 0.4) is 0 Å². The second-order valence-corrected chi connectivity index (χ2v) is 1.44. The molecular weight excluding hydrogens is 180 g/mol. The summed E-state index contributed by atoms with van der Waals surface area (Å²) in [5.41, 5.74) is 0. The van der Waals surface area contributed by atoms with Crippen molar-refractivity contribution in [2.24, 2.45) is 0 Å². The zero-order valence-corrected chi connectivity index (χ0v) is 7.48. The van der Waals surface area contributed by atoms with Gasteiger partial charge in [0.25, 0.3) is 0 Å². The van der Waals surface area contributed by atoms with E-state index in [1.54, 1.807) is 6.92 Å². The number of carbonyl (C=O) groups excluding carboxylic acids is 1. The molecule has 6 nitrogen and oxygen atoms in total. The molecule has 0 atom stereocenters. The quantitative estimate of drug-likeness (QED) is 0.528. The Morgan fingerprint density at radius 3 is 2.15 bits per heavy atom. The smallest absolute Gasteiger partial charge is 0.449 e. The fraction of sp³-hybridized carbons (Fsp3) is 0.429. The van der Waals surface area contributed by atoms with Crippen molar-refractivity contribution in [3.8, 4) is 0 Å². The molecule has 13 heavy (non-hydrogen) atoms. The molecule has 0 radical (unpaired) electrons. The summed E-state index contributed by atoms with van der Waals surface area (Å²) in [5.74, 6) is 0. The molecule has 0 aliphatic heterocycles. The Balaban J connectivity index is 0. The molecule has 0 aromatic rings. The molecule has 0 heterocycles. The highest BCUT2D eigenvalue weighted by atomic mass is 16.7. The number of hydrogen-bond acceptors (Lipinski definition) is 5. The summed E-state index contributed by atoms with van der Waals surface area (Å²) in [6.07, 6.45) is -1.10. The summed E-state index contributed by atoms with van der Waals surface area (Å²) < 4.78 is 12.2. The average Bonchev–Trinajstić information content (AvgIpc) is 2.05. The average molecular weight is 192 g/mol. The summed E-state index contributed by atoms with van der Waals surface area (Å²) in [5, 5.41) is 7.62. The minimum Gasteiger partial charge on any atom is -0.449 e. The van der Waals surface area contributed by atoms with Crippen molar-refractivity contribution in [3.63, 3.8) is 0 Å². The van der Waals surface area contributed by atoms with Crippen molar-refractivity contribution in [1.29, 1.82) is 0 Å². The van der Waals surface area contributed by atoms with Crippen LogP contribution in [0.15, 0.2) is 12.8 Å². The van der Waals surface area contributed by atoms with Gasteiger partial charge in [-0.05, 0) is 6.92 Å². The van der Waals surface area contributed by atoms with E-state index in [-0.39, 0.29) is 0 Å². The van der Waals surface area contributed by atoms with Crippen molar-refractivity contribution in [2.45, 2.75) is 6.92 Å². The Morgan fingerprint density at radius 1 is 1.54 bits per heavy atom. The lowest BCUT2D eigenvalue weighted by molar-refractivity contribution is 0.0771. The van der Waals surface area contributed by atoms with Crippen LogP contribution in [0.1, 0.15) is 6.92 Å². The van der Waals surface area contributed by atoms with Gasteiger partial charge in [0.15, 0.2) is 0 Å². The molecule has 0 aromatic heterocycles. The first-order valence-corrected chi connectivity index (χ1v) is 3.29. The number of hydrogen-bond donors (Lipinski definition) is 1. The monoisotopic (exact) mass is 192 g/mol. The molecule has 0 fully saturated rings. The predicted octanol–water partition coefficient (Wildman–Crippen LogP) is 1.61. The van der Waals surface area contributed by atoms with E-state index in [9.17, 15) is 9.59 Å². The number of methoxy groups -OCH3 is 1. The summed E-state index contributed by atoms with van der Waals surface area (Å²) >= 11 is 0. The lowest BCUT2D eigenvalue weighted by Crippen LogP contribution is -2.02. The number of rotatable bonds is 2. The zero-order valence-electron chi connectivity index (χ0n) is 7.48. The van der Waals surface area contributed by atoms with E-state index in [0.717, 1.165) is 6.26 Å². The predicted molar refractivity (Wildman–Crippen MR) is 43.3 cm³/mol. The minimum atomic E-state index is -1.33. The van der Waals surface area contributed by atoms with E-state index in [1.807, 2.05) is 0 Å². The van der Waals surface area contributed by atoms with Crippen LogP contribution in [0.25, 0.3) is 0 Å². The molecular formula is C7H12O6. The molecule has 0 saturated carbocycles. The highest BCUT2D eigenvalue weighted by molar-refractivity contribution is 5.59. The standard InChI is InChI=1S/C4H8O3.C3H4O3/c1-3-7-4(5)6-2;1-2-6-3(4)5/h3H2,1-2H3;2H,1H2,(H,4,5). The minimum absolute atomic E-state index is 0.368. The van der Waals surface area contributed by atoms with Crippen LogP contribution in [0.2, 0.25) is 0 Å². The fourth-order valence-electron chi connectivity index (χ4n) is 0.248. The van der Waals surface area contributed by atoms with Gasteiger partial charge in [-0.3, -0.25) is 0 Å². The van der Waals surface area contributed by atoms with Gasteiger partial charge in [-0.15, -0.1) is 0 Å². The first-order valence-electron chi connectivity index (χ1n) is 3.29. The highest BCUT2D eigenvalue weighted by Crippen LogP contribution is 1.77. The normalized spacial score (nSPS) is 7.23. The molecule has 0 rings (SSSR count). The maximum absolute atomic E-state index is 9.97. The summed E-state index contributed by atoms with van der Waals surface area (Å²) in [6, 6.07) is 0. The van der Waals surface area contributed by atoms with Gasteiger partial charge in [0.2, 0.25) is 0 Å². The topological polar surface area (TPSA) is 82.1 Å². The number of carbonyl (C=O) groups is 2. The van der Waals surface area contributed by atoms with Crippen LogP contribution in [0.5, 0.6) is 0 Å². The lowest BCUT2D eigenvalue weighted by Gasteiger charge is -1.94. The Labute approximate surface area is 75.7 Å². The molecule has 0 bridgehead atoms. The summed E-state index contributed by atoms with van der Waals surface area (Å²) in [6.45, 7) is 5.08. The van der Waals surface area contributed by atoms with Crippen molar-refractivity contribution < 1.29 is 28.9 Å². The third-order valence-electron chi connectivity index (χ3n) is 0.613. The van der Waals surface area contributed by atoms with E-state index in [1.165, 1.54) is 7.11 Å². The molecule has 76 valence electrons.